The highest BCUT2D eigenvalue weighted by molar-refractivity contribution is 14.0. The van der Waals surface area contributed by atoms with Gasteiger partial charge >= 0.3 is 0 Å². The summed E-state index contributed by atoms with van der Waals surface area (Å²) in [7, 11) is 2.12. The molecule has 0 saturated heterocycles. The maximum absolute atomic E-state index is 5.31. The Morgan fingerprint density at radius 1 is 1.30 bits per heavy atom. The molecule has 0 unspecified atom stereocenters. The molecule has 0 spiro atoms. The molecule has 0 radical (unpaired) electrons. The molecule has 1 aromatic rings. The van der Waals surface area contributed by atoms with Gasteiger partial charge < -0.3 is 20.1 Å². The Kier molecular flexibility index (Phi) is 11.2. The molecule has 0 aliphatic heterocycles. The summed E-state index contributed by atoms with van der Waals surface area (Å²) in [5, 5.41) is 10.6. The summed E-state index contributed by atoms with van der Waals surface area (Å²) in [4.78, 5) is 6.83. The van der Waals surface area contributed by atoms with E-state index in [9.17, 15) is 0 Å². The van der Waals surface area contributed by atoms with Gasteiger partial charge in [0.25, 0.3) is 0 Å². The number of aromatic nitrogens is 1. The summed E-state index contributed by atoms with van der Waals surface area (Å²) in [5.74, 6) is 1.97. The molecule has 134 valence electrons. The molecule has 0 aliphatic rings. The summed E-state index contributed by atoms with van der Waals surface area (Å²) in [6, 6.07) is 2.52. The molecule has 7 heteroatoms. The molecule has 23 heavy (non-hydrogen) atoms. The van der Waals surface area contributed by atoms with Crippen LogP contribution in [0.3, 0.4) is 0 Å². The normalized spacial score (nSPS) is 12.0. The molecule has 0 aliphatic carbocycles. The summed E-state index contributed by atoms with van der Waals surface area (Å²) < 4.78 is 5.31. The number of nitrogens with zero attached hydrogens (tertiary/aromatic N) is 3. The van der Waals surface area contributed by atoms with Crippen molar-refractivity contribution in [1.29, 1.82) is 0 Å². The van der Waals surface area contributed by atoms with Crippen LogP contribution in [-0.2, 0) is 6.54 Å². The predicted molar refractivity (Wildman–Crippen MR) is 107 cm³/mol. The Morgan fingerprint density at radius 3 is 2.52 bits per heavy atom. The van der Waals surface area contributed by atoms with Crippen molar-refractivity contribution in [2.45, 2.75) is 53.1 Å². The molecular formula is C16H32IN5O. The number of guanidine groups is 1. The molecule has 0 fully saturated rings. The summed E-state index contributed by atoms with van der Waals surface area (Å²) in [5.41, 5.74) is 0.974. The van der Waals surface area contributed by atoms with E-state index in [4.69, 9.17) is 4.52 Å². The molecule has 6 nitrogen and oxygen atoms in total. The Labute approximate surface area is 157 Å². The summed E-state index contributed by atoms with van der Waals surface area (Å²) in [6.07, 6.45) is 0. The largest absolute Gasteiger partial charge is 0.359 e. The second-order valence-corrected chi connectivity index (χ2v) is 6.07. The van der Waals surface area contributed by atoms with E-state index in [0.29, 0.717) is 18.5 Å². The van der Waals surface area contributed by atoms with Crippen LogP contribution in [0.15, 0.2) is 15.6 Å². The van der Waals surface area contributed by atoms with Crippen molar-refractivity contribution in [3.05, 3.63) is 17.5 Å². The van der Waals surface area contributed by atoms with Crippen LogP contribution in [0.25, 0.3) is 0 Å². The minimum absolute atomic E-state index is 0. The van der Waals surface area contributed by atoms with E-state index in [-0.39, 0.29) is 24.0 Å². The third-order valence-electron chi connectivity index (χ3n) is 3.54. The van der Waals surface area contributed by atoms with E-state index in [1.807, 2.05) is 6.07 Å². The van der Waals surface area contributed by atoms with Gasteiger partial charge in [-0.3, -0.25) is 0 Å². The number of nitrogens with one attached hydrogen (secondary N) is 2. The smallest absolute Gasteiger partial charge is 0.191 e. The van der Waals surface area contributed by atoms with Crippen LogP contribution in [0.5, 0.6) is 0 Å². The number of halogens is 1. The average Bonchev–Trinajstić information content (AvgIpc) is 2.93. The number of hydrogen-bond acceptors (Lipinski definition) is 4. The van der Waals surface area contributed by atoms with E-state index in [2.05, 4.69) is 67.3 Å². The molecule has 1 aromatic heterocycles. The second-order valence-electron chi connectivity index (χ2n) is 6.07. The fraction of sp³-hybridized carbons (Fsp3) is 0.750. The van der Waals surface area contributed by atoms with Crippen LogP contribution in [0.4, 0.5) is 0 Å². The molecule has 0 atom stereocenters. The third-order valence-corrected chi connectivity index (χ3v) is 3.54. The lowest BCUT2D eigenvalue weighted by atomic mass is 10.1. The van der Waals surface area contributed by atoms with Gasteiger partial charge in [0.05, 0.1) is 5.69 Å². The highest BCUT2D eigenvalue weighted by Crippen LogP contribution is 2.14. The highest BCUT2D eigenvalue weighted by Gasteiger charge is 2.08. The highest BCUT2D eigenvalue weighted by atomic mass is 127. The van der Waals surface area contributed by atoms with Gasteiger partial charge in [-0.2, -0.15) is 0 Å². The van der Waals surface area contributed by atoms with E-state index in [1.165, 1.54) is 0 Å². The average molecular weight is 437 g/mol. The third kappa shape index (κ3) is 8.55. The lowest BCUT2D eigenvalue weighted by Gasteiger charge is -2.21. The fourth-order valence-corrected chi connectivity index (χ4v) is 1.78. The van der Waals surface area contributed by atoms with Gasteiger partial charge in [-0.25, -0.2) is 4.99 Å². The van der Waals surface area contributed by atoms with Crippen LogP contribution in [0, 0.1) is 0 Å². The van der Waals surface area contributed by atoms with E-state index >= 15 is 0 Å². The molecule has 1 heterocycles. The van der Waals surface area contributed by atoms with Gasteiger partial charge in [-0.1, -0.05) is 19.0 Å². The van der Waals surface area contributed by atoms with Crippen LogP contribution in [0.2, 0.25) is 0 Å². The Balaban J connectivity index is 0.00000484. The minimum atomic E-state index is 0. The molecular weight excluding hydrogens is 405 g/mol. The standard InChI is InChI=1S/C16H31N5O.HI/c1-7-17-16(18-8-9-21(6)13(4)5)19-11-14-10-15(12(2)3)20-22-14;/h10,12-13H,7-9,11H2,1-6H3,(H2,17,18,19);1H. The van der Waals surface area contributed by atoms with Gasteiger partial charge in [0.2, 0.25) is 0 Å². The first-order valence-corrected chi connectivity index (χ1v) is 8.11. The van der Waals surface area contributed by atoms with Crippen molar-refractivity contribution in [3.63, 3.8) is 0 Å². The van der Waals surface area contributed by atoms with Crippen molar-refractivity contribution in [3.8, 4) is 0 Å². The number of likely N-dealkylation sites (N-methyl/N-ethyl adjacent to an activating group) is 1. The molecule has 0 saturated carbocycles. The lowest BCUT2D eigenvalue weighted by molar-refractivity contribution is 0.278. The Bertz CT molecular complexity index is 459. The van der Waals surface area contributed by atoms with Gasteiger partial charge in [0, 0.05) is 31.7 Å². The van der Waals surface area contributed by atoms with Crippen molar-refractivity contribution < 1.29 is 4.52 Å². The first-order valence-electron chi connectivity index (χ1n) is 8.11. The zero-order valence-corrected chi connectivity index (χ0v) is 17.5. The fourth-order valence-electron chi connectivity index (χ4n) is 1.78. The van der Waals surface area contributed by atoms with Crippen LogP contribution in [-0.4, -0.2) is 48.7 Å². The lowest BCUT2D eigenvalue weighted by Crippen LogP contribution is -2.42. The van der Waals surface area contributed by atoms with E-state index in [1.54, 1.807) is 0 Å². The topological polar surface area (TPSA) is 65.7 Å². The molecule has 1 rings (SSSR count). The number of aliphatic imine (C=N–C) groups is 1. The second kappa shape index (κ2) is 11.7. The summed E-state index contributed by atoms with van der Waals surface area (Å²) in [6.45, 7) is 13.8. The molecule has 0 bridgehead atoms. The van der Waals surface area contributed by atoms with Gasteiger partial charge in [0.1, 0.15) is 6.54 Å². The monoisotopic (exact) mass is 437 g/mol. The van der Waals surface area contributed by atoms with Crippen LogP contribution >= 0.6 is 24.0 Å². The summed E-state index contributed by atoms with van der Waals surface area (Å²) >= 11 is 0. The number of rotatable bonds is 8. The Hall–Kier alpha value is -0.830. The molecule has 2 N–H and O–H groups in total. The first kappa shape index (κ1) is 22.2. The quantitative estimate of drug-likeness (QED) is 0.372. The van der Waals surface area contributed by atoms with E-state index < -0.39 is 0 Å². The maximum Gasteiger partial charge on any atom is 0.191 e. The predicted octanol–water partition coefficient (Wildman–Crippen LogP) is 2.81. The van der Waals surface area contributed by atoms with Crippen molar-refractivity contribution in [1.82, 2.24) is 20.7 Å². The van der Waals surface area contributed by atoms with Crippen molar-refractivity contribution in [2.75, 3.05) is 26.7 Å². The van der Waals surface area contributed by atoms with E-state index in [0.717, 1.165) is 37.0 Å². The zero-order valence-electron chi connectivity index (χ0n) is 15.2. The van der Waals surface area contributed by atoms with Crippen molar-refractivity contribution in [2.24, 2.45) is 4.99 Å². The first-order chi connectivity index (χ1) is 10.4. The van der Waals surface area contributed by atoms with Gasteiger partial charge in [0.15, 0.2) is 11.7 Å². The number of hydrogen-bond donors (Lipinski definition) is 2. The minimum Gasteiger partial charge on any atom is -0.359 e. The van der Waals surface area contributed by atoms with Crippen molar-refractivity contribution >= 4 is 29.9 Å². The molecule has 0 aromatic carbocycles. The van der Waals surface area contributed by atoms with Gasteiger partial charge in [-0.15, -0.1) is 24.0 Å². The van der Waals surface area contributed by atoms with Crippen LogP contribution < -0.4 is 10.6 Å². The zero-order chi connectivity index (χ0) is 16.5. The maximum atomic E-state index is 5.31. The Morgan fingerprint density at radius 2 is 2.00 bits per heavy atom. The molecule has 0 amide bonds. The van der Waals surface area contributed by atoms with Gasteiger partial charge in [-0.05, 0) is 33.7 Å². The van der Waals surface area contributed by atoms with Crippen LogP contribution in [0.1, 0.15) is 52.0 Å². The SMILES string of the molecule is CCNC(=NCc1cc(C(C)C)no1)NCCN(C)C(C)C.I.